The van der Waals surface area contributed by atoms with Crippen LogP contribution in [0.15, 0.2) is 29.2 Å². The van der Waals surface area contributed by atoms with Crippen molar-refractivity contribution < 1.29 is 13.2 Å². The zero-order valence-electron chi connectivity index (χ0n) is 16.7. The van der Waals surface area contributed by atoms with E-state index in [4.69, 9.17) is 0 Å². The fourth-order valence-corrected chi connectivity index (χ4v) is 4.46. The van der Waals surface area contributed by atoms with E-state index in [1.807, 2.05) is 13.8 Å². The molecule has 2 N–H and O–H groups in total. The molecule has 0 aliphatic carbocycles. The molecule has 1 fully saturated rings. The molecule has 1 aromatic rings. The van der Waals surface area contributed by atoms with Crippen LogP contribution in [0.5, 0.6) is 0 Å². The highest BCUT2D eigenvalue weighted by molar-refractivity contribution is 7.89. The molecule has 1 aromatic carbocycles. The second kappa shape index (κ2) is 10.2. The molecule has 6 nitrogen and oxygen atoms in total. The van der Waals surface area contributed by atoms with Crippen LogP contribution in [0.4, 0.5) is 0 Å². The van der Waals surface area contributed by atoms with Gasteiger partial charge in [0.25, 0.3) is 0 Å². The van der Waals surface area contributed by atoms with Crippen LogP contribution in [0.2, 0.25) is 0 Å². The van der Waals surface area contributed by atoms with Gasteiger partial charge in [-0.15, -0.1) is 0 Å². The van der Waals surface area contributed by atoms with Crippen LogP contribution < -0.4 is 10.0 Å². The van der Waals surface area contributed by atoms with Crippen molar-refractivity contribution in [3.8, 4) is 0 Å². The Bertz CT molecular complexity index is 704. The summed E-state index contributed by atoms with van der Waals surface area (Å²) >= 11 is 0. The smallest absolute Gasteiger partial charge is 0.240 e. The molecule has 1 heterocycles. The third kappa shape index (κ3) is 6.59. The zero-order valence-corrected chi connectivity index (χ0v) is 17.5. The monoisotopic (exact) mass is 395 g/mol. The first-order chi connectivity index (χ1) is 12.8. The number of hydrogen-bond donors (Lipinski definition) is 2. The molecule has 0 saturated carbocycles. The third-order valence-electron chi connectivity index (χ3n) is 5.20. The second-order valence-corrected chi connectivity index (χ2v) is 9.26. The highest BCUT2D eigenvalue weighted by Crippen LogP contribution is 2.19. The summed E-state index contributed by atoms with van der Waals surface area (Å²) in [5.41, 5.74) is 1.03. The summed E-state index contributed by atoms with van der Waals surface area (Å²) in [6, 6.07) is 6.69. The van der Waals surface area contributed by atoms with Gasteiger partial charge in [-0.25, -0.2) is 13.1 Å². The normalized spacial score (nSPS) is 19.6. The number of sulfonamides is 1. The van der Waals surface area contributed by atoms with Gasteiger partial charge in [0.2, 0.25) is 15.9 Å². The van der Waals surface area contributed by atoms with Crippen LogP contribution in [0, 0.1) is 12.8 Å². The Labute approximate surface area is 163 Å². The van der Waals surface area contributed by atoms with Crippen molar-refractivity contribution in [2.24, 2.45) is 5.92 Å². The van der Waals surface area contributed by atoms with Crippen molar-refractivity contribution in [3.05, 3.63) is 29.8 Å². The molecule has 0 aromatic heterocycles. The van der Waals surface area contributed by atoms with E-state index >= 15 is 0 Å². The van der Waals surface area contributed by atoms with E-state index in [-0.39, 0.29) is 17.9 Å². The van der Waals surface area contributed by atoms with Crippen molar-refractivity contribution >= 4 is 15.9 Å². The number of likely N-dealkylation sites (tertiary alicyclic amines) is 1. The summed E-state index contributed by atoms with van der Waals surface area (Å²) in [5, 5.41) is 2.99. The van der Waals surface area contributed by atoms with Gasteiger partial charge in [0.1, 0.15) is 0 Å². The molecule has 1 aliphatic heterocycles. The Balaban J connectivity index is 1.86. The first-order valence-electron chi connectivity index (χ1n) is 9.91. The largest absolute Gasteiger partial charge is 0.355 e. The quantitative estimate of drug-likeness (QED) is 0.629. The molecule has 2 unspecified atom stereocenters. The van der Waals surface area contributed by atoms with E-state index in [0.717, 1.165) is 44.3 Å². The topological polar surface area (TPSA) is 78.5 Å². The summed E-state index contributed by atoms with van der Waals surface area (Å²) in [7, 11) is -3.49. The third-order valence-corrected chi connectivity index (χ3v) is 6.64. The Hall–Kier alpha value is -1.44. The first-order valence-corrected chi connectivity index (χ1v) is 11.4. The zero-order chi connectivity index (χ0) is 19.9. The van der Waals surface area contributed by atoms with Gasteiger partial charge >= 0.3 is 0 Å². The molecule has 2 atom stereocenters. The maximum atomic E-state index is 12.5. The van der Waals surface area contributed by atoms with Crippen LogP contribution in [-0.2, 0) is 14.8 Å². The Morgan fingerprint density at radius 3 is 2.67 bits per heavy atom. The van der Waals surface area contributed by atoms with Crippen molar-refractivity contribution in [3.63, 3.8) is 0 Å². The summed E-state index contributed by atoms with van der Waals surface area (Å²) in [5.74, 6) is 0.272. The number of carbonyl (C=O) groups is 1. The predicted molar refractivity (Wildman–Crippen MR) is 108 cm³/mol. The molecule has 1 amide bonds. The van der Waals surface area contributed by atoms with Gasteiger partial charge in [-0.2, -0.15) is 0 Å². The minimum absolute atomic E-state index is 0.0596. The number of piperidine rings is 1. The van der Waals surface area contributed by atoms with Gasteiger partial charge in [0.05, 0.1) is 10.9 Å². The first kappa shape index (κ1) is 21.9. The van der Waals surface area contributed by atoms with Crippen LogP contribution >= 0.6 is 0 Å². The van der Waals surface area contributed by atoms with E-state index in [2.05, 4.69) is 21.9 Å². The molecule has 1 saturated heterocycles. The summed E-state index contributed by atoms with van der Waals surface area (Å²) in [4.78, 5) is 14.7. The van der Waals surface area contributed by atoms with Gasteiger partial charge < -0.3 is 5.32 Å². The summed E-state index contributed by atoms with van der Waals surface area (Å²) in [6.07, 6.45) is 3.99. The van der Waals surface area contributed by atoms with E-state index < -0.39 is 10.0 Å². The Kier molecular flexibility index (Phi) is 8.26. The van der Waals surface area contributed by atoms with Crippen LogP contribution in [-0.4, -0.2) is 51.4 Å². The molecule has 152 valence electrons. The molecule has 1 aliphatic rings. The van der Waals surface area contributed by atoms with Crippen LogP contribution in [0.1, 0.15) is 45.1 Å². The van der Waals surface area contributed by atoms with E-state index in [0.29, 0.717) is 18.0 Å². The van der Waals surface area contributed by atoms with Gasteiger partial charge in [-0.3, -0.25) is 9.69 Å². The van der Waals surface area contributed by atoms with Gasteiger partial charge in [0.15, 0.2) is 0 Å². The average Bonchev–Trinajstić information content (AvgIpc) is 2.66. The highest BCUT2D eigenvalue weighted by atomic mass is 32.2. The molecule has 0 radical (unpaired) electrons. The van der Waals surface area contributed by atoms with E-state index in [1.165, 1.54) is 0 Å². The van der Waals surface area contributed by atoms with Crippen molar-refractivity contribution in [2.45, 2.75) is 57.4 Å². The number of amides is 1. The van der Waals surface area contributed by atoms with Gasteiger partial charge in [-0.05, 0) is 57.7 Å². The SMILES string of the molecule is CCCCNC(=O)C(C)N1CCCC(CNS(=O)(=O)c2ccc(C)cc2)C1. The van der Waals surface area contributed by atoms with Crippen molar-refractivity contribution in [1.82, 2.24) is 14.9 Å². The molecule has 7 heteroatoms. The molecule has 2 rings (SSSR count). The summed E-state index contributed by atoms with van der Waals surface area (Å²) < 4.78 is 27.7. The number of rotatable bonds is 9. The molecule has 0 spiro atoms. The number of carbonyl (C=O) groups excluding carboxylic acids is 1. The van der Waals surface area contributed by atoms with Crippen molar-refractivity contribution in [2.75, 3.05) is 26.2 Å². The number of nitrogens with zero attached hydrogens (tertiary/aromatic N) is 1. The highest BCUT2D eigenvalue weighted by Gasteiger charge is 2.28. The fraction of sp³-hybridized carbons (Fsp3) is 0.650. The lowest BCUT2D eigenvalue weighted by Crippen LogP contribution is -2.50. The lowest BCUT2D eigenvalue weighted by atomic mass is 9.97. The number of unbranched alkanes of at least 4 members (excludes halogenated alkanes) is 1. The fourth-order valence-electron chi connectivity index (χ4n) is 3.35. The van der Waals surface area contributed by atoms with Crippen LogP contribution in [0.3, 0.4) is 0 Å². The molecule has 27 heavy (non-hydrogen) atoms. The molecule has 0 bridgehead atoms. The Morgan fingerprint density at radius 1 is 1.30 bits per heavy atom. The number of hydrogen-bond acceptors (Lipinski definition) is 4. The van der Waals surface area contributed by atoms with E-state index in [9.17, 15) is 13.2 Å². The summed E-state index contributed by atoms with van der Waals surface area (Å²) in [6.45, 7) is 8.69. The lowest BCUT2D eigenvalue weighted by Gasteiger charge is -2.36. The maximum absolute atomic E-state index is 12.5. The standard InChI is InChI=1S/C20H33N3O3S/c1-4-5-12-21-20(24)17(3)23-13-6-7-18(15-23)14-22-27(25,26)19-10-8-16(2)9-11-19/h8-11,17-18,22H,4-7,12-15H2,1-3H3,(H,21,24). The minimum atomic E-state index is -3.49. The van der Waals surface area contributed by atoms with Crippen molar-refractivity contribution in [1.29, 1.82) is 0 Å². The van der Waals surface area contributed by atoms with Crippen LogP contribution in [0.25, 0.3) is 0 Å². The number of nitrogens with one attached hydrogen (secondary N) is 2. The van der Waals surface area contributed by atoms with Gasteiger partial charge in [-0.1, -0.05) is 31.0 Å². The van der Waals surface area contributed by atoms with E-state index in [1.54, 1.807) is 24.3 Å². The second-order valence-electron chi connectivity index (χ2n) is 7.49. The molecular weight excluding hydrogens is 362 g/mol. The maximum Gasteiger partial charge on any atom is 0.240 e. The Morgan fingerprint density at radius 2 is 2.00 bits per heavy atom. The average molecular weight is 396 g/mol. The molecular formula is C20H33N3O3S. The lowest BCUT2D eigenvalue weighted by molar-refractivity contribution is -0.126. The predicted octanol–water partition coefficient (Wildman–Crippen LogP) is 2.29. The number of aryl methyl sites for hydroxylation is 1. The number of benzene rings is 1. The minimum Gasteiger partial charge on any atom is -0.355 e. The van der Waals surface area contributed by atoms with Gasteiger partial charge in [0, 0.05) is 19.6 Å².